The summed E-state index contributed by atoms with van der Waals surface area (Å²) in [5.41, 5.74) is -0.558. The Morgan fingerprint density at radius 1 is 1.10 bits per heavy atom. The Hall–Kier alpha value is -1.76. The molecule has 0 radical (unpaired) electrons. The maximum atomic E-state index is 13.3. The molecule has 0 bridgehead atoms. The van der Waals surface area contributed by atoms with Gasteiger partial charge in [0.15, 0.2) is 11.6 Å². The van der Waals surface area contributed by atoms with Gasteiger partial charge in [-0.05, 0) is 26.8 Å². The van der Waals surface area contributed by atoms with Crippen molar-refractivity contribution < 1.29 is 22.7 Å². The number of alkyl carbamates (subject to hydrolysis) is 1. The molecule has 0 saturated carbocycles. The lowest BCUT2D eigenvalue weighted by Gasteiger charge is -2.19. The quantitative estimate of drug-likeness (QED) is 0.649. The van der Waals surface area contributed by atoms with Crippen molar-refractivity contribution in [2.75, 3.05) is 13.1 Å². The van der Waals surface area contributed by atoms with Gasteiger partial charge in [-0.3, -0.25) is 0 Å². The monoisotopic (exact) mass is 304 g/mol. The number of carbonyl (C=O) groups excluding carboxylic acids is 1. The molecule has 4 nitrogen and oxygen atoms in total. The number of rotatable bonds is 5. The molecule has 7 heteroatoms. The average Bonchev–Trinajstić information content (AvgIpc) is 2.32. The average molecular weight is 304 g/mol. The first kappa shape index (κ1) is 17.3. The van der Waals surface area contributed by atoms with Crippen LogP contribution >= 0.6 is 0 Å². The predicted molar refractivity (Wildman–Crippen MR) is 72.3 cm³/mol. The lowest BCUT2D eigenvalue weighted by molar-refractivity contribution is 0.0528. The molecule has 21 heavy (non-hydrogen) atoms. The summed E-state index contributed by atoms with van der Waals surface area (Å²) in [7, 11) is 0. The van der Waals surface area contributed by atoms with Gasteiger partial charge in [0, 0.05) is 31.3 Å². The first-order chi connectivity index (χ1) is 9.69. The lowest BCUT2D eigenvalue weighted by atomic mass is 10.2. The molecule has 1 amide bonds. The molecule has 0 aliphatic heterocycles. The van der Waals surface area contributed by atoms with E-state index in [0.717, 1.165) is 6.07 Å². The third-order valence-corrected chi connectivity index (χ3v) is 2.37. The molecule has 0 aromatic heterocycles. The van der Waals surface area contributed by atoms with Crippen molar-refractivity contribution in [3.63, 3.8) is 0 Å². The minimum Gasteiger partial charge on any atom is -0.444 e. The fraction of sp³-hybridized carbons (Fsp3) is 0.500. The molecule has 0 spiro atoms. The number of benzene rings is 1. The van der Waals surface area contributed by atoms with E-state index in [2.05, 4.69) is 10.6 Å². The zero-order valence-corrected chi connectivity index (χ0v) is 12.2. The van der Waals surface area contributed by atoms with Crippen LogP contribution in [0.2, 0.25) is 0 Å². The smallest absolute Gasteiger partial charge is 0.407 e. The first-order valence-electron chi connectivity index (χ1n) is 6.50. The summed E-state index contributed by atoms with van der Waals surface area (Å²) in [6, 6.07) is 1.31. The Balaban J connectivity index is 2.29. The van der Waals surface area contributed by atoms with Crippen LogP contribution in [0.1, 0.15) is 26.3 Å². The summed E-state index contributed by atoms with van der Waals surface area (Å²) in [4.78, 5) is 11.3. The van der Waals surface area contributed by atoms with Gasteiger partial charge in [-0.15, -0.1) is 0 Å². The van der Waals surface area contributed by atoms with E-state index < -0.39 is 29.1 Å². The molecule has 0 saturated heterocycles. The molecule has 1 rings (SSSR count). The number of nitrogens with one attached hydrogen (secondary N) is 2. The number of hydrogen-bond acceptors (Lipinski definition) is 3. The highest BCUT2D eigenvalue weighted by molar-refractivity contribution is 5.67. The van der Waals surface area contributed by atoms with Crippen LogP contribution in [-0.2, 0) is 11.3 Å². The van der Waals surface area contributed by atoms with E-state index in [1.54, 1.807) is 20.8 Å². The molecule has 0 fully saturated rings. The highest BCUT2D eigenvalue weighted by atomic mass is 19.2. The number of halogens is 3. The molecule has 0 unspecified atom stereocenters. The van der Waals surface area contributed by atoms with Gasteiger partial charge in [0.05, 0.1) is 0 Å². The Kier molecular flexibility index (Phi) is 6.02. The van der Waals surface area contributed by atoms with Crippen molar-refractivity contribution >= 4 is 6.09 Å². The van der Waals surface area contributed by atoms with E-state index >= 15 is 0 Å². The fourth-order valence-corrected chi connectivity index (χ4v) is 1.49. The van der Waals surface area contributed by atoms with Crippen LogP contribution in [0.4, 0.5) is 18.0 Å². The molecule has 0 heterocycles. The number of ether oxygens (including phenoxy) is 1. The van der Waals surface area contributed by atoms with Crippen molar-refractivity contribution in [1.29, 1.82) is 0 Å². The second-order valence-electron chi connectivity index (χ2n) is 5.46. The van der Waals surface area contributed by atoms with Gasteiger partial charge < -0.3 is 15.4 Å². The summed E-state index contributed by atoms with van der Waals surface area (Å²) in [5.74, 6) is -3.13. The number of amides is 1. The van der Waals surface area contributed by atoms with Gasteiger partial charge >= 0.3 is 6.09 Å². The zero-order chi connectivity index (χ0) is 16.0. The first-order valence-corrected chi connectivity index (χ1v) is 6.50. The summed E-state index contributed by atoms with van der Waals surface area (Å²) in [5, 5.41) is 5.32. The summed E-state index contributed by atoms with van der Waals surface area (Å²) >= 11 is 0. The van der Waals surface area contributed by atoms with Crippen molar-refractivity contribution in [2.45, 2.75) is 32.9 Å². The van der Waals surface area contributed by atoms with Crippen LogP contribution in [0.25, 0.3) is 0 Å². The number of carbonyl (C=O) groups is 1. The van der Waals surface area contributed by atoms with Gasteiger partial charge in [0.2, 0.25) is 0 Å². The van der Waals surface area contributed by atoms with Crippen LogP contribution < -0.4 is 10.6 Å². The maximum Gasteiger partial charge on any atom is 0.407 e. The Labute approximate surface area is 121 Å². The van der Waals surface area contributed by atoms with E-state index in [-0.39, 0.29) is 18.7 Å². The van der Waals surface area contributed by atoms with E-state index in [1.165, 1.54) is 0 Å². The second kappa shape index (κ2) is 7.31. The molecule has 1 aromatic carbocycles. The molecule has 1 aromatic rings. The van der Waals surface area contributed by atoms with Gasteiger partial charge in [0.25, 0.3) is 0 Å². The third-order valence-electron chi connectivity index (χ3n) is 2.37. The molecule has 0 aliphatic rings. The van der Waals surface area contributed by atoms with Crippen molar-refractivity contribution in [3.05, 3.63) is 35.1 Å². The number of hydrogen-bond donors (Lipinski definition) is 2. The molecule has 0 aliphatic carbocycles. The van der Waals surface area contributed by atoms with Gasteiger partial charge in [-0.1, -0.05) is 0 Å². The fourth-order valence-electron chi connectivity index (χ4n) is 1.49. The minimum absolute atomic E-state index is 0.0196. The molecular weight excluding hydrogens is 285 g/mol. The Morgan fingerprint density at radius 2 is 1.71 bits per heavy atom. The standard InChI is InChI=1S/C14H19F3N2O2/c1-14(2,3)21-13(20)19-5-4-18-8-9-6-11(16)12(17)7-10(9)15/h6-7,18H,4-5,8H2,1-3H3,(H,19,20). The lowest BCUT2D eigenvalue weighted by Crippen LogP contribution is -2.36. The summed E-state index contributed by atoms with van der Waals surface area (Å²) in [6.45, 7) is 5.86. The van der Waals surface area contributed by atoms with Crippen molar-refractivity contribution in [3.8, 4) is 0 Å². The largest absolute Gasteiger partial charge is 0.444 e. The van der Waals surface area contributed by atoms with Crippen LogP contribution in [0.15, 0.2) is 12.1 Å². The zero-order valence-electron chi connectivity index (χ0n) is 12.2. The van der Waals surface area contributed by atoms with E-state index in [9.17, 15) is 18.0 Å². The minimum atomic E-state index is -1.22. The van der Waals surface area contributed by atoms with Gasteiger partial charge in [0.1, 0.15) is 11.4 Å². The van der Waals surface area contributed by atoms with E-state index in [0.29, 0.717) is 12.6 Å². The van der Waals surface area contributed by atoms with Gasteiger partial charge in [-0.2, -0.15) is 0 Å². The highest BCUT2D eigenvalue weighted by Gasteiger charge is 2.15. The van der Waals surface area contributed by atoms with Crippen molar-refractivity contribution in [1.82, 2.24) is 10.6 Å². The normalized spacial score (nSPS) is 11.3. The molecule has 2 N–H and O–H groups in total. The molecule has 118 valence electrons. The van der Waals surface area contributed by atoms with E-state index in [4.69, 9.17) is 4.74 Å². The SMILES string of the molecule is CC(C)(C)OC(=O)NCCNCc1cc(F)c(F)cc1F. The van der Waals surface area contributed by atoms with Gasteiger partial charge in [-0.25, -0.2) is 18.0 Å². The third kappa shape index (κ3) is 6.48. The molecular formula is C14H19F3N2O2. The van der Waals surface area contributed by atoms with E-state index in [1.807, 2.05) is 0 Å². The molecule has 0 atom stereocenters. The van der Waals surface area contributed by atoms with Crippen LogP contribution in [0, 0.1) is 17.5 Å². The topological polar surface area (TPSA) is 50.4 Å². The predicted octanol–water partition coefficient (Wildman–Crippen LogP) is 2.72. The Bertz CT molecular complexity index is 502. The van der Waals surface area contributed by atoms with Crippen LogP contribution in [0.5, 0.6) is 0 Å². The van der Waals surface area contributed by atoms with Crippen LogP contribution in [0.3, 0.4) is 0 Å². The van der Waals surface area contributed by atoms with Crippen LogP contribution in [-0.4, -0.2) is 24.8 Å². The maximum absolute atomic E-state index is 13.3. The summed E-state index contributed by atoms with van der Waals surface area (Å²) < 4.78 is 44.0. The summed E-state index contributed by atoms with van der Waals surface area (Å²) in [6.07, 6.45) is -0.552. The Morgan fingerprint density at radius 3 is 2.33 bits per heavy atom. The van der Waals surface area contributed by atoms with Crippen molar-refractivity contribution in [2.24, 2.45) is 0 Å². The highest BCUT2D eigenvalue weighted by Crippen LogP contribution is 2.13. The second-order valence-corrected chi connectivity index (χ2v) is 5.46.